The summed E-state index contributed by atoms with van der Waals surface area (Å²) in [6, 6.07) is 13.3. The number of aliphatic carboxylic acids is 1. The highest BCUT2D eigenvalue weighted by molar-refractivity contribution is 7.99. The number of carbonyl (C=O) groups is 4. The van der Waals surface area contributed by atoms with Gasteiger partial charge in [-0.25, -0.2) is 4.79 Å². The van der Waals surface area contributed by atoms with Crippen molar-refractivity contribution in [1.82, 2.24) is 4.90 Å². The van der Waals surface area contributed by atoms with E-state index in [0.29, 0.717) is 30.3 Å². The third-order valence-corrected chi connectivity index (χ3v) is 6.36. The number of carboxylic acids is 1. The molecule has 2 atom stereocenters. The number of methoxy groups -OCH3 is 1. The highest BCUT2D eigenvalue weighted by Crippen LogP contribution is 2.20. The molecule has 1 saturated heterocycles. The number of anilines is 1. The Labute approximate surface area is 220 Å². The van der Waals surface area contributed by atoms with E-state index in [0.717, 1.165) is 16.9 Å². The summed E-state index contributed by atoms with van der Waals surface area (Å²) in [5, 5.41) is 11.5. The van der Waals surface area contributed by atoms with Gasteiger partial charge in [0.05, 0.1) is 26.0 Å². The van der Waals surface area contributed by atoms with Crippen LogP contribution in [0.15, 0.2) is 48.5 Å². The van der Waals surface area contributed by atoms with Crippen molar-refractivity contribution in [2.45, 2.75) is 38.8 Å². The van der Waals surface area contributed by atoms with Crippen LogP contribution in [0.5, 0.6) is 5.75 Å². The van der Waals surface area contributed by atoms with Crippen LogP contribution in [-0.4, -0.2) is 71.2 Å². The van der Waals surface area contributed by atoms with Crippen LogP contribution >= 0.6 is 11.8 Å². The van der Waals surface area contributed by atoms with Crippen LogP contribution in [0, 0.1) is 0 Å². The second-order valence-corrected chi connectivity index (χ2v) is 9.18. The smallest absolute Gasteiger partial charge is 0.327 e. The average molecular weight is 532 g/mol. The number of benzene rings is 2. The fourth-order valence-electron chi connectivity index (χ4n) is 3.45. The van der Waals surface area contributed by atoms with Gasteiger partial charge in [-0.05, 0) is 48.7 Å². The van der Waals surface area contributed by atoms with E-state index in [9.17, 15) is 19.2 Å². The first-order chi connectivity index (χ1) is 17.6. The fraction of sp³-hybridized carbons (Fsp3) is 0.385. The Morgan fingerprint density at radius 1 is 1.16 bits per heavy atom. The monoisotopic (exact) mass is 531 g/mol. The second kappa shape index (κ2) is 14.9. The molecule has 4 N–H and O–H groups in total. The van der Waals surface area contributed by atoms with Gasteiger partial charge in [0.1, 0.15) is 17.8 Å². The quantitative estimate of drug-likeness (QED) is 0.415. The number of carbonyl (C=O) groups excluding carboxylic acids is 3. The number of ether oxygens (including phenoxy) is 2. The first-order valence-electron chi connectivity index (χ1n) is 11.7. The summed E-state index contributed by atoms with van der Waals surface area (Å²) in [6.07, 6.45) is 0.609. The summed E-state index contributed by atoms with van der Waals surface area (Å²) in [7, 11) is 1.60. The Balaban J connectivity index is 0.000000364. The Morgan fingerprint density at radius 3 is 2.43 bits per heavy atom. The van der Waals surface area contributed by atoms with Crippen molar-refractivity contribution in [3.05, 3.63) is 59.7 Å². The lowest BCUT2D eigenvalue weighted by atomic mass is 10.1. The van der Waals surface area contributed by atoms with Gasteiger partial charge in [0.2, 0.25) is 11.8 Å². The normalized spacial score (nSPS) is 15.1. The zero-order valence-electron chi connectivity index (χ0n) is 21.1. The van der Waals surface area contributed by atoms with Crippen LogP contribution < -0.4 is 15.8 Å². The lowest BCUT2D eigenvalue weighted by Gasteiger charge is -2.17. The molecule has 0 bridgehead atoms. The first-order valence-corrected chi connectivity index (χ1v) is 12.8. The lowest BCUT2D eigenvalue weighted by molar-refractivity contribution is -0.147. The van der Waals surface area contributed by atoms with Gasteiger partial charge in [-0.1, -0.05) is 24.3 Å². The number of thioether (sulfide) groups is 1. The van der Waals surface area contributed by atoms with Crippen LogP contribution in [0.3, 0.4) is 0 Å². The molecule has 0 radical (unpaired) electrons. The molecular formula is C26H33N3O7S. The number of hydrogen-bond donors (Lipinski definition) is 3. The summed E-state index contributed by atoms with van der Waals surface area (Å²) in [6.45, 7) is 3.43. The maximum absolute atomic E-state index is 12.2. The highest BCUT2D eigenvalue weighted by atomic mass is 32.2. The van der Waals surface area contributed by atoms with E-state index in [2.05, 4.69) is 5.32 Å². The number of esters is 1. The van der Waals surface area contributed by atoms with Gasteiger partial charge in [-0.2, -0.15) is 0 Å². The zero-order chi connectivity index (χ0) is 27.4. The molecule has 2 amide bonds. The van der Waals surface area contributed by atoms with Crippen LogP contribution in [0.2, 0.25) is 0 Å². The molecule has 37 heavy (non-hydrogen) atoms. The number of amides is 2. The maximum Gasteiger partial charge on any atom is 0.327 e. The molecule has 2 aromatic carbocycles. The molecule has 10 nitrogen and oxygen atoms in total. The standard InChI is InChI=1S/C20H24N2O4.C6H9NO3S/c1-3-26-20(24)18(21)12-15-5-4-6-16(11-15)22-19(23)13-14-7-9-17(25-2)10-8-14;1-4(8)7-3-11-2-5(7)6(9)10/h4-11,18H,3,12-13,21H2,1-2H3,(H,22,23);5H,2-3H2,1H3,(H,9,10)/t;5-/m.1/s1. The number of nitrogens with two attached hydrogens (primary N) is 1. The summed E-state index contributed by atoms with van der Waals surface area (Å²) in [5.74, 6) is 0.136. The lowest BCUT2D eigenvalue weighted by Crippen LogP contribution is -2.40. The van der Waals surface area contributed by atoms with Crippen molar-refractivity contribution in [1.29, 1.82) is 0 Å². The number of carboxylic acid groups (broad SMARTS) is 1. The Hall–Kier alpha value is -3.57. The van der Waals surface area contributed by atoms with E-state index >= 15 is 0 Å². The van der Waals surface area contributed by atoms with Crippen molar-refractivity contribution in [2.75, 3.05) is 30.7 Å². The third-order valence-electron chi connectivity index (χ3n) is 5.35. The minimum atomic E-state index is -0.912. The number of nitrogens with zero attached hydrogens (tertiary/aromatic N) is 1. The molecule has 2 aromatic rings. The molecule has 0 spiro atoms. The average Bonchev–Trinajstić information content (AvgIpc) is 3.36. The molecule has 1 unspecified atom stereocenters. The van der Waals surface area contributed by atoms with Crippen molar-refractivity contribution in [3.8, 4) is 5.75 Å². The molecular weight excluding hydrogens is 498 g/mol. The molecule has 1 fully saturated rings. The molecule has 1 heterocycles. The number of hydrogen-bond acceptors (Lipinski definition) is 8. The van der Waals surface area contributed by atoms with Crippen LogP contribution in [-0.2, 0) is 36.8 Å². The summed E-state index contributed by atoms with van der Waals surface area (Å²) < 4.78 is 10.0. The Morgan fingerprint density at radius 2 is 1.86 bits per heavy atom. The molecule has 200 valence electrons. The Bertz CT molecular complexity index is 1060. The van der Waals surface area contributed by atoms with E-state index < -0.39 is 24.0 Å². The van der Waals surface area contributed by atoms with Crippen molar-refractivity contribution in [2.24, 2.45) is 5.73 Å². The summed E-state index contributed by atoms with van der Waals surface area (Å²) in [5.41, 5.74) is 8.25. The van der Waals surface area contributed by atoms with E-state index in [1.54, 1.807) is 20.1 Å². The highest BCUT2D eigenvalue weighted by Gasteiger charge is 2.32. The molecule has 3 rings (SSSR count). The topological polar surface area (TPSA) is 148 Å². The van der Waals surface area contributed by atoms with E-state index in [-0.39, 0.29) is 18.2 Å². The molecule has 0 aromatic heterocycles. The van der Waals surface area contributed by atoms with Crippen LogP contribution in [0.25, 0.3) is 0 Å². The van der Waals surface area contributed by atoms with Crippen LogP contribution in [0.4, 0.5) is 5.69 Å². The van der Waals surface area contributed by atoms with Crippen molar-refractivity contribution < 1.29 is 33.8 Å². The minimum absolute atomic E-state index is 0.123. The van der Waals surface area contributed by atoms with Crippen molar-refractivity contribution >= 4 is 41.2 Å². The van der Waals surface area contributed by atoms with Crippen molar-refractivity contribution in [3.63, 3.8) is 0 Å². The number of rotatable bonds is 9. The zero-order valence-corrected chi connectivity index (χ0v) is 22.0. The molecule has 11 heteroatoms. The molecule has 0 saturated carbocycles. The fourth-order valence-corrected chi connectivity index (χ4v) is 4.66. The minimum Gasteiger partial charge on any atom is -0.497 e. The van der Waals surface area contributed by atoms with E-state index in [4.69, 9.17) is 20.3 Å². The van der Waals surface area contributed by atoms with E-state index in [1.807, 2.05) is 42.5 Å². The van der Waals surface area contributed by atoms with E-state index in [1.165, 1.54) is 23.6 Å². The summed E-state index contributed by atoms with van der Waals surface area (Å²) in [4.78, 5) is 46.5. The molecule has 1 aliphatic heterocycles. The van der Waals surface area contributed by atoms with Crippen LogP contribution in [0.1, 0.15) is 25.0 Å². The van der Waals surface area contributed by atoms with Gasteiger partial charge in [0.25, 0.3) is 0 Å². The predicted octanol–water partition coefficient (Wildman–Crippen LogP) is 2.30. The molecule has 0 aliphatic carbocycles. The largest absolute Gasteiger partial charge is 0.497 e. The van der Waals surface area contributed by atoms with Gasteiger partial charge < -0.3 is 30.5 Å². The Kier molecular flexibility index (Phi) is 11.9. The third kappa shape index (κ3) is 9.77. The first kappa shape index (κ1) is 29.7. The summed E-state index contributed by atoms with van der Waals surface area (Å²) >= 11 is 1.47. The maximum atomic E-state index is 12.2. The molecule has 1 aliphatic rings. The SMILES string of the molecule is CC(=O)N1CSC[C@@H]1C(=O)O.CCOC(=O)C(N)Cc1cccc(NC(=O)Cc2ccc(OC)cc2)c1. The second-order valence-electron chi connectivity index (χ2n) is 8.18. The predicted molar refractivity (Wildman–Crippen MR) is 141 cm³/mol. The van der Waals surface area contributed by atoms with Gasteiger partial charge in [0.15, 0.2) is 0 Å². The number of nitrogens with one attached hydrogen (secondary N) is 1. The van der Waals surface area contributed by atoms with Gasteiger partial charge in [0, 0.05) is 18.4 Å². The van der Waals surface area contributed by atoms with Gasteiger partial charge in [-0.3, -0.25) is 14.4 Å². The van der Waals surface area contributed by atoms with Gasteiger partial charge >= 0.3 is 11.9 Å². The van der Waals surface area contributed by atoms with Gasteiger partial charge in [-0.15, -0.1) is 11.8 Å².